The summed E-state index contributed by atoms with van der Waals surface area (Å²) in [6.07, 6.45) is 5.06. The molecule has 1 aliphatic carbocycles. The predicted octanol–water partition coefficient (Wildman–Crippen LogP) is 5.32. The molecule has 0 aromatic heterocycles. The van der Waals surface area contributed by atoms with Crippen molar-refractivity contribution < 1.29 is 4.39 Å². The number of nitrogens with zero attached hydrogens (tertiary/aromatic N) is 1. The second kappa shape index (κ2) is 6.24. The lowest BCUT2D eigenvalue weighted by Crippen LogP contribution is -2.31. The van der Waals surface area contributed by atoms with Crippen molar-refractivity contribution >= 4 is 50.1 Å². The van der Waals surface area contributed by atoms with E-state index in [-0.39, 0.29) is 5.82 Å². The van der Waals surface area contributed by atoms with Crippen LogP contribution in [0, 0.1) is 11.7 Å². The van der Waals surface area contributed by atoms with Crippen LogP contribution in [0.4, 0.5) is 10.1 Å². The first-order valence-corrected chi connectivity index (χ1v) is 8.91. The molecule has 2 atom stereocenters. The van der Waals surface area contributed by atoms with Crippen molar-refractivity contribution in [2.45, 2.75) is 31.7 Å². The molecular formula is C14H15BrClFN2S. The minimum absolute atomic E-state index is 0.349. The van der Waals surface area contributed by atoms with Crippen molar-refractivity contribution in [2.75, 3.05) is 11.1 Å². The molecule has 1 aliphatic heterocycles. The first-order valence-electron chi connectivity index (χ1n) is 6.75. The first-order chi connectivity index (χ1) is 9.63. The highest BCUT2D eigenvalue weighted by Gasteiger charge is 2.29. The molecule has 2 nitrogen and oxygen atoms in total. The van der Waals surface area contributed by atoms with Gasteiger partial charge in [-0.1, -0.05) is 36.2 Å². The molecule has 0 spiro atoms. The summed E-state index contributed by atoms with van der Waals surface area (Å²) in [6.45, 7) is 0. The third kappa shape index (κ3) is 3.15. The molecule has 1 saturated carbocycles. The molecule has 20 heavy (non-hydrogen) atoms. The Bertz CT molecular complexity index is 529. The van der Waals surface area contributed by atoms with Crippen molar-refractivity contribution in [2.24, 2.45) is 10.9 Å². The van der Waals surface area contributed by atoms with Gasteiger partial charge in [-0.15, -0.1) is 0 Å². The molecular weight excluding hydrogens is 363 g/mol. The Morgan fingerprint density at radius 2 is 2.15 bits per heavy atom. The number of thioether (sulfide) groups is 1. The lowest BCUT2D eigenvalue weighted by atomic mass is 9.86. The second-order valence-corrected chi connectivity index (χ2v) is 7.50. The van der Waals surface area contributed by atoms with E-state index in [1.54, 1.807) is 11.8 Å². The van der Waals surface area contributed by atoms with Gasteiger partial charge < -0.3 is 5.32 Å². The number of fused-ring (bicyclic) bond motifs is 1. The van der Waals surface area contributed by atoms with Crippen LogP contribution in [0.1, 0.15) is 25.7 Å². The highest BCUT2D eigenvalue weighted by atomic mass is 79.9. The van der Waals surface area contributed by atoms with Crippen LogP contribution in [0.2, 0.25) is 5.02 Å². The molecule has 1 fully saturated rings. The average Bonchev–Trinajstić information content (AvgIpc) is 2.42. The number of amidine groups is 1. The molecule has 6 heteroatoms. The standard InChI is InChI=1S/C14H15BrClFN2S/c15-10-5-9(17)6-11(16)13(10)19-14-18-12-4-2-1-3-8(12)7-20-14/h5-6,8,12H,1-4,7H2,(H,18,19). The maximum atomic E-state index is 13.2. The zero-order chi connectivity index (χ0) is 14.1. The Hall–Kier alpha value is -0.260. The van der Waals surface area contributed by atoms with Gasteiger partial charge in [0.15, 0.2) is 5.17 Å². The third-order valence-corrected chi connectivity index (χ3v) is 5.82. The second-order valence-electron chi connectivity index (χ2n) is 5.23. The molecule has 2 unspecified atom stereocenters. The monoisotopic (exact) mass is 376 g/mol. The topological polar surface area (TPSA) is 24.4 Å². The maximum absolute atomic E-state index is 13.2. The van der Waals surface area contributed by atoms with Crippen LogP contribution >= 0.6 is 39.3 Å². The fourth-order valence-electron chi connectivity index (χ4n) is 2.76. The van der Waals surface area contributed by atoms with Gasteiger partial charge in [-0.3, -0.25) is 4.99 Å². The van der Waals surface area contributed by atoms with E-state index in [1.807, 2.05) is 0 Å². The number of halogens is 3. The molecule has 0 radical (unpaired) electrons. The Labute approximate surface area is 135 Å². The number of nitrogens with one attached hydrogen (secondary N) is 1. The smallest absolute Gasteiger partial charge is 0.161 e. The highest BCUT2D eigenvalue weighted by Crippen LogP contribution is 2.37. The van der Waals surface area contributed by atoms with Crippen molar-refractivity contribution in [1.29, 1.82) is 0 Å². The summed E-state index contributed by atoms with van der Waals surface area (Å²) in [5, 5.41) is 4.50. The molecule has 1 heterocycles. The van der Waals surface area contributed by atoms with Crippen molar-refractivity contribution in [3.8, 4) is 0 Å². The van der Waals surface area contributed by atoms with Crippen LogP contribution in [-0.4, -0.2) is 17.0 Å². The average molecular weight is 378 g/mol. The van der Waals surface area contributed by atoms with Gasteiger partial charge in [-0.2, -0.15) is 0 Å². The number of hydrogen-bond acceptors (Lipinski definition) is 3. The summed E-state index contributed by atoms with van der Waals surface area (Å²) in [4.78, 5) is 4.80. The number of hydrogen-bond donors (Lipinski definition) is 1. The lowest BCUT2D eigenvalue weighted by molar-refractivity contribution is 0.336. The predicted molar refractivity (Wildman–Crippen MR) is 88.4 cm³/mol. The van der Waals surface area contributed by atoms with Crippen LogP contribution in [0.15, 0.2) is 21.6 Å². The Kier molecular flexibility index (Phi) is 4.58. The van der Waals surface area contributed by atoms with Crippen molar-refractivity contribution in [3.05, 3.63) is 27.4 Å². The van der Waals surface area contributed by atoms with E-state index in [0.29, 0.717) is 27.1 Å². The van der Waals surface area contributed by atoms with Gasteiger partial charge in [0, 0.05) is 10.2 Å². The number of benzene rings is 1. The maximum Gasteiger partial charge on any atom is 0.161 e. The van der Waals surface area contributed by atoms with E-state index in [4.69, 9.17) is 16.6 Å². The highest BCUT2D eigenvalue weighted by molar-refractivity contribution is 9.10. The molecule has 3 rings (SSSR count). The van der Waals surface area contributed by atoms with Gasteiger partial charge in [0.2, 0.25) is 0 Å². The fraction of sp³-hybridized carbons (Fsp3) is 0.500. The number of aliphatic imine (C=N–C) groups is 1. The third-order valence-electron chi connectivity index (χ3n) is 3.82. The summed E-state index contributed by atoms with van der Waals surface area (Å²) >= 11 is 11.2. The van der Waals surface area contributed by atoms with Gasteiger partial charge in [-0.05, 0) is 46.8 Å². The van der Waals surface area contributed by atoms with E-state index in [2.05, 4.69) is 21.2 Å². The summed E-state index contributed by atoms with van der Waals surface area (Å²) < 4.78 is 13.9. The summed E-state index contributed by atoms with van der Waals surface area (Å²) in [5.41, 5.74) is 0.688. The van der Waals surface area contributed by atoms with Crippen LogP contribution in [0.3, 0.4) is 0 Å². The van der Waals surface area contributed by atoms with Crippen molar-refractivity contribution in [3.63, 3.8) is 0 Å². The molecule has 0 saturated heterocycles. The molecule has 1 aromatic carbocycles. The van der Waals surface area contributed by atoms with Gasteiger partial charge in [-0.25, -0.2) is 4.39 Å². The van der Waals surface area contributed by atoms with Gasteiger partial charge in [0.1, 0.15) is 5.82 Å². The fourth-order valence-corrected chi connectivity index (χ4v) is 4.81. The number of rotatable bonds is 1. The van der Waals surface area contributed by atoms with E-state index in [1.165, 1.54) is 37.8 Å². The molecule has 1 aromatic rings. The number of anilines is 1. The largest absolute Gasteiger partial charge is 0.333 e. The van der Waals surface area contributed by atoms with E-state index in [0.717, 1.165) is 10.9 Å². The molecule has 108 valence electrons. The van der Waals surface area contributed by atoms with Crippen LogP contribution < -0.4 is 5.32 Å². The zero-order valence-corrected chi connectivity index (χ0v) is 14.0. The molecule has 0 bridgehead atoms. The van der Waals surface area contributed by atoms with E-state index >= 15 is 0 Å². The normalized spacial score (nSPS) is 25.9. The Morgan fingerprint density at radius 1 is 1.35 bits per heavy atom. The van der Waals surface area contributed by atoms with Gasteiger partial charge >= 0.3 is 0 Å². The minimum Gasteiger partial charge on any atom is -0.333 e. The summed E-state index contributed by atoms with van der Waals surface area (Å²) in [5.74, 6) is 1.47. The van der Waals surface area contributed by atoms with Crippen LogP contribution in [-0.2, 0) is 0 Å². The Balaban J connectivity index is 1.80. The lowest BCUT2D eigenvalue weighted by Gasteiger charge is -2.32. The Morgan fingerprint density at radius 3 is 2.95 bits per heavy atom. The molecule has 0 amide bonds. The van der Waals surface area contributed by atoms with E-state index < -0.39 is 0 Å². The van der Waals surface area contributed by atoms with Crippen molar-refractivity contribution in [1.82, 2.24) is 0 Å². The van der Waals surface area contributed by atoms with Gasteiger partial charge in [0.05, 0.1) is 16.8 Å². The van der Waals surface area contributed by atoms with Gasteiger partial charge in [0.25, 0.3) is 0 Å². The zero-order valence-electron chi connectivity index (χ0n) is 10.8. The SMILES string of the molecule is Fc1cc(Cl)c(NC2=NC3CCCCC3CS2)c(Br)c1. The summed E-state index contributed by atoms with van der Waals surface area (Å²) in [6, 6.07) is 3.16. The molecule has 2 aliphatic rings. The van der Waals surface area contributed by atoms with Crippen LogP contribution in [0.5, 0.6) is 0 Å². The minimum atomic E-state index is -0.349. The molecule has 1 N–H and O–H groups in total. The van der Waals surface area contributed by atoms with Crippen LogP contribution in [0.25, 0.3) is 0 Å². The van der Waals surface area contributed by atoms with E-state index in [9.17, 15) is 4.39 Å². The first kappa shape index (κ1) is 14.7. The summed E-state index contributed by atoms with van der Waals surface area (Å²) in [7, 11) is 0. The quantitative estimate of drug-likeness (QED) is 0.716.